The van der Waals surface area contributed by atoms with Gasteiger partial charge in [0.2, 0.25) is 0 Å². The molecule has 0 bridgehead atoms. The van der Waals surface area contributed by atoms with Gasteiger partial charge in [-0.1, -0.05) is 63.5 Å². The smallest absolute Gasteiger partial charge is 0.274 e. The fraction of sp³-hybridized carbons (Fsp3) is 0.211. The van der Waals surface area contributed by atoms with Crippen LogP contribution in [0.4, 0.5) is 5.69 Å². The number of carbonyl (C=O) groups excluding carboxylic acids is 2. The molecule has 0 saturated heterocycles. The highest BCUT2D eigenvalue weighted by atomic mass is 127. The zero-order chi connectivity index (χ0) is 22.0. The van der Waals surface area contributed by atoms with Crippen LogP contribution in [0.2, 0.25) is 10.2 Å². The second-order valence-corrected chi connectivity index (χ2v) is 9.53. The van der Waals surface area contributed by atoms with Gasteiger partial charge in [0.05, 0.1) is 20.3 Å². The average molecular weight is 581 g/mol. The van der Waals surface area contributed by atoms with Crippen molar-refractivity contribution in [3.8, 4) is 0 Å². The van der Waals surface area contributed by atoms with E-state index in [2.05, 4.69) is 43.6 Å². The van der Waals surface area contributed by atoms with Crippen molar-refractivity contribution < 1.29 is 9.59 Å². The molecule has 0 aliphatic carbocycles. The maximum absolute atomic E-state index is 13.1. The number of anilines is 1. The molecule has 7 nitrogen and oxygen atoms in total. The molecule has 1 atom stereocenters. The van der Waals surface area contributed by atoms with E-state index in [1.54, 1.807) is 19.1 Å². The van der Waals surface area contributed by atoms with Crippen LogP contribution >= 0.6 is 57.4 Å². The zero-order valence-electron chi connectivity index (χ0n) is 15.9. The number of hydrogen-bond acceptors (Lipinski definition) is 4. The Kier molecular flexibility index (Phi) is 7.33. The minimum absolute atomic E-state index is 0.113. The summed E-state index contributed by atoms with van der Waals surface area (Å²) >= 11 is 20.5. The number of nitrogens with one attached hydrogen (secondary N) is 3. The lowest BCUT2D eigenvalue weighted by Gasteiger charge is -2.18. The van der Waals surface area contributed by atoms with Gasteiger partial charge in [0.25, 0.3) is 11.8 Å². The van der Waals surface area contributed by atoms with Crippen molar-refractivity contribution in [3.63, 3.8) is 0 Å². The molecule has 1 aliphatic rings. The van der Waals surface area contributed by atoms with Crippen LogP contribution in [0, 0.1) is 6.92 Å². The fourth-order valence-corrected chi connectivity index (χ4v) is 3.84. The van der Waals surface area contributed by atoms with Crippen LogP contribution in [0.3, 0.4) is 0 Å². The third kappa shape index (κ3) is 5.11. The van der Waals surface area contributed by atoms with E-state index in [9.17, 15) is 9.59 Å². The number of rotatable bonds is 5. The van der Waals surface area contributed by atoms with E-state index in [0.29, 0.717) is 33.7 Å². The molecule has 0 fully saturated rings. The summed E-state index contributed by atoms with van der Waals surface area (Å²) in [5.74, 6) is -0.431. The van der Waals surface area contributed by atoms with Gasteiger partial charge in [-0.15, -0.1) is 0 Å². The summed E-state index contributed by atoms with van der Waals surface area (Å²) in [4.78, 5) is 25.8. The van der Waals surface area contributed by atoms with Gasteiger partial charge in [-0.25, -0.2) is 4.68 Å². The second-order valence-electron chi connectivity index (χ2n) is 6.43. The van der Waals surface area contributed by atoms with E-state index >= 15 is 0 Å². The molecule has 0 spiro atoms. The first-order valence-electron chi connectivity index (χ1n) is 8.80. The molecule has 2 aromatic rings. The Morgan fingerprint density at radius 1 is 1.23 bits per heavy atom. The maximum atomic E-state index is 13.1. The lowest BCUT2D eigenvalue weighted by molar-refractivity contribution is 0.0954. The Morgan fingerprint density at radius 2 is 1.97 bits per heavy atom. The predicted molar refractivity (Wildman–Crippen MR) is 129 cm³/mol. The van der Waals surface area contributed by atoms with Gasteiger partial charge in [-0.05, 0) is 37.6 Å². The Morgan fingerprint density at radius 3 is 2.63 bits per heavy atom. The number of amides is 2. The molecule has 1 aliphatic heterocycles. The van der Waals surface area contributed by atoms with Crippen molar-refractivity contribution >= 4 is 80.7 Å². The number of nitrogens with zero attached hydrogens (tertiary/aromatic N) is 2. The number of alkyl halides is 1. The number of aromatic nitrogens is 2. The highest BCUT2D eigenvalue weighted by molar-refractivity contribution is 14.1. The van der Waals surface area contributed by atoms with Crippen molar-refractivity contribution in [2.24, 2.45) is 0 Å². The minimum Gasteiger partial charge on any atom is -0.365 e. The lowest BCUT2D eigenvalue weighted by Crippen LogP contribution is -2.30. The molecule has 3 rings (SSSR count). The van der Waals surface area contributed by atoms with Crippen molar-refractivity contribution in [2.75, 3.05) is 11.9 Å². The molecule has 1 aromatic heterocycles. The number of allylic oxidation sites excluding steroid dienone is 2. The second kappa shape index (κ2) is 9.59. The van der Waals surface area contributed by atoms with E-state index in [1.165, 1.54) is 16.8 Å². The van der Waals surface area contributed by atoms with Crippen molar-refractivity contribution in [1.29, 1.82) is 0 Å². The summed E-state index contributed by atoms with van der Waals surface area (Å²) in [5.41, 5.74) is 1.39. The summed E-state index contributed by atoms with van der Waals surface area (Å²) in [6.45, 7) is 4.11. The molecule has 0 saturated carbocycles. The molecular formula is C19H17Cl3IN5O2. The van der Waals surface area contributed by atoms with Gasteiger partial charge in [-0.3, -0.25) is 9.59 Å². The third-order valence-corrected chi connectivity index (χ3v) is 5.13. The normalized spacial score (nSPS) is 14.3. The van der Waals surface area contributed by atoms with E-state index in [1.807, 2.05) is 13.0 Å². The maximum Gasteiger partial charge on any atom is 0.274 e. The monoisotopic (exact) mass is 579 g/mol. The minimum atomic E-state index is -0.510. The first-order valence-corrected chi connectivity index (χ1v) is 11.2. The van der Waals surface area contributed by atoms with Crippen molar-refractivity contribution in [1.82, 2.24) is 20.4 Å². The van der Waals surface area contributed by atoms with E-state index < -0.39 is 5.91 Å². The number of hydrogen-bond donors (Lipinski definition) is 3. The standard InChI is InChI=1S/C19H17Cl3IN5O2/c1-9-6-11(20)7-12(18(29)25-10(2)23)16(9)26-19(30)14-8-15(22)27-28(14)17-13(21)4-3-5-24-17/h3-4,6-8,10,24H,5H2,1-2H3,(H,25,29)(H,26,30). The van der Waals surface area contributed by atoms with Crippen LogP contribution in [0.15, 0.2) is 35.4 Å². The molecular weight excluding hydrogens is 564 g/mol. The number of dihydropyridines is 1. The van der Waals surface area contributed by atoms with E-state index in [-0.39, 0.29) is 26.4 Å². The van der Waals surface area contributed by atoms with Crippen molar-refractivity contribution in [2.45, 2.75) is 17.9 Å². The summed E-state index contributed by atoms with van der Waals surface area (Å²) in [6.07, 6.45) is 3.55. The Hall–Kier alpha value is -1.75. The SMILES string of the molecule is Cc1cc(Cl)cc(C(=O)NC(C)I)c1NC(=O)c1cc(Cl)nn1C1=C(Cl)C=CCN1. The fourth-order valence-electron chi connectivity index (χ4n) is 2.87. The molecule has 3 N–H and O–H groups in total. The molecule has 11 heteroatoms. The summed E-state index contributed by atoms with van der Waals surface area (Å²) < 4.78 is 1.22. The van der Waals surface area contributed by atoms with Gasteiger partial charge in [0.1, 0.15) is 11.5 Å². The summed E-state index contributed by atoms with van der Waals surface area (Å²) in [6, 6.07) is 4.60. The zero-order valence-corrected chi connectivity index (χ0v) is 20.3. The van der Waals surface area contributed by atoms with Crippen LogP contribution in [-0.2, 0) is 0 Å². The Labute approximate surface area is 202 Å². The average Bonchev–Trinajstić information content (AvgIpc) is 3.05. The molecule has 2 amide bonds. The number of aryl methyl sites for hydroxylation is 1. The van der Waals surface area contributed by atoms with Crippen LogP contribution in [0.5, 0.6) is 0 Å². The molecule has 0 radical (unpaired) electrons. The van der Waals surface area contributed by atoms with Crippen LogP contribution in [0.1, 0.15) is 33.3 Å². The lowest BCUT2D eigenvalue weighted by atomic mass is 10.1. The first kappa shape index (κ1) is 22.9. The largest absolute Gasteiger partial charge is 0.365 e. The van der Waals surface area contributed by atoms with Gasteiger partial charge in [0, 0.05) is 17.6 Å². The molecule has 1 unspecified atom stereocenters. The molecule has 2 heterocycles. The molecule has 30 heavy (non-hydrogen) atoms. The van der Waals surface area contributed by atoms with Crippen molar-refractivity contribution in [3.05, 3.63) is 62.4 Å². The number of carbonyl (C=O) groups is 2. The highest BCUT2D eigenvalue weighted by Crippen LogP contribution is 2.28. The van der Waals surface area contributed by atoms with Gasteiger partial charge >= 0.3 is 0 Å². The van der Waals surface area contributed by atoms with E-state index in [0.717, 1.165) is 0 Å². The van der Waals surface area contributed by atoms with Gasteiger partial charge in [0.15, 0.2) is 5.15 Å². The van der Waals surface area contributed by atoms with Gasteiger partial charge in [-0.2, -0.15) is 5.10 Å². The number of halogens is 4. The molecule has 158 valence electrons. The van der Waals surface area contributed by atoms with Crippen LogP contribution in [0.25, 0.3) is 5.82 Å². The van der Waals surface area contributed by atoms with Crippen LogP contribution < -0.4 is 16.0 Å². The van der Waals surface area contributed by atoms with E-state index in [4.69, 9.17) is 34.8 Å². The summed E-state index contributed by atoms with van der Waals surface area (Å²) in [5, 5.41) is 13.7. The predicted octanol–water partition coefficient (Wildman–Crippen LogP) is 4.79. The quantitative estimate of drug-likeness (QED) is 0.270. The topological polar surface area (TPSA) is 88.1 Å². The van der Waals surface area contributed by atoms with Gasteiger partial charge < -0.3 is 16.0 Å². The van der Waals surface area contributed by atoms with Crippen LogP contribution in [-0.4, -0.2) is 32.2 Å². The number of benzene rings is 1. The summed E-state index contributed by atoms with van der Waals surface area (Å²) in [7, 11) is 0. The first-order chi connectivity index (χ1) is 14.2. The Balaban J connectivity index is 2.00. The highest BCUT2D eigenvalue weighted by Gasteiger charge is 2.23. The Bertz CT molecular complexity index is 1080. The third-order valence-electron chi connectivity index (χ3n) is 4.12. The molecule has 1 aromatic carbocycles.